The Balaban J connectivity index is 3.25. The van der Waals surface area contributed by atoms with E-state index in [0.717, 1.165) is 5.19 Å². The first-order valence-electron chi connectivity index (χ1n) is 7.01. The molecule has 0 aliphatic rings. The molecule has 1 aromatic rings. The first-order chi connectivity index (χ1) is 8.92. The Hall–Kier alpha value is -0.249. The van der Waals surface area contributed by atoms with Crippen molar-refractivity contribution in [2.75, 3.05) is 0 Å². The molecule has 0 saturated carbocycles. The molecule has 1 rings (SSSR count). The molecule has 0 aliphatic heterocycles. The van der Waals surface area contributed by atoms with Gasteiger partial charge in [0.1, 0.15) is 5.73 Å². The number of aliphatic hydroxyl groups excluding tert-OH is 1. The molecule has 0 bridgehead atoms. The van der Waals surface area contributed by atoms with E-state index in [2.05, 4.69) is 26.2 Å². The van der Waals surface area contributed by atoms with E-state index in [9.17, 15) is 5.11 Å². The lowest BCUT2D eigenvalue weighted by Crippen LogP contribution is -2.65. The van der Waals surface area contributed by atoms with E-state index in [1.54, 1.807) is 0 Å². The predicted octanol–water partition coefficient (Wildman–Crippen LogP) is 1.65. The number of aliphatic hydroxyl groups is 1. The average molecular weight is 315 g/mol. The lowest BCUT2D eigenvalue weighted by Gasteiger charge is -2.38. The van der Waals surface area contributed by atoms with Crippen molar-refractivity contribution in [1.29, 1.82) is 0 Å². The summed E-state index contributed by atoms with van der Waals surface area (Å²) in [4.78, 5) is 0. The summed E-state index contributed by atoms with van der Waals surface area (Å²) in [6, 6.07) is 10.1. The predicted molar refractivity (Wildman–Crippen MR) is 88.1 cm³/mol. The molecule has 19 heavy (non-hydrogen) atoms. The van der Waals surface area contributed by atoms with Gasteiger partial charge in [0.25, 0.3) is 0 Å². The molecule has 0 fully saturated rings. The lowest BCUT2D eigenvalue weighted by atomic mass is 10.4. The Labute approximate surface area is 121 Å². The summed E-state index contributed by atoms with van der Waals surface area (Å²) in [5, 5.41) is 11.6. The lowest BCUT2D eigenvalue weighted by molar-refractivity contribution is 0.192. The van der Waals surface area contributed by atoms with Gasteiger partial charge in [0.15, 0.2) is 18.1 Å². The van der Waals surface area contributed by atoms with Crippen molar-refractivity contribution in [3.63, 3.8) is 0 Å². The van der Waals surface area contributed by atoms with E-state index < -0.39 is 32.4 Å². The van der Waals surface area contributed by atoms with Gasteiger partial charge >= 0.3 is 8.56 Å². The topological polar surface area (TPSA) is 38.7 Å². The highest BCUT2D eigenvalue weighted by atomic mass is 28.5. The Morgan fingerprint density at radius 2 is 1.53 bits per heavy atom. The van der Waals surface area contributed by atoms with Gasteiger partial charge < -0.3 is 13.3 Å². The van der Waals surface area contributed by atoms with Crippen LogP contribution >= 0.6 is 0 Å². The van der Waals surface area contributed by atoms with Crippen LogP contribution in [0.15, 0.2) is 30.3 Å². The first-order valence-corrected chi connectivity index (χ1v) is 14.5. The third kappa shape index (κ3) is 4.37. The molecule has 0 aliphatic carbocycles. The van der Waals surface area contributed by atoms with Crippen LogP contribution in [0.5, 0.6) is 0 Å². The van der Waals surface area contributed by atoms with Gasteiger partial charge in [-0.05, 0) is 37.8 Å². The standard InChI is InChI=1S/C13H26O3Si3/c1-6-13(14)19(15-17(2)3,16-18(4)5)12-10-8-7-9-11-12/h7-11,13-14,17-18H,6H2,1-5H3. The van der Waals surface area contributed by atoms with Crippen LogP contribution in [0.2, 0.25) is 26.2 Å². The van der Waals surface area contributed by atoms with Crippen LogP contribution in [-0.2, 0) is 8.23 Å². The summed E-state index contributed by atoms with van der Waals surface area (Å²) in [5.74, 6) is 0. The minimum Gasteiger partial charge on any atom is -0.435 e. The molecule has 3 nitrogen and oxygen atoms in total. The molecule has 0 aromatic heterocycles. The van der Waals surface area contributed by atoms with Crippen LogP contribution < -0.4 is 5.19 Å². The maximum Gasteiger partial charge on any atom is 0.381 e. The van der Waals surface area contributed by atoms with Gasteiger partial charge in [-0.2, -0.15) is 0 Å². The van der Waals surface area contributed by atoms with Crippen LogP contribution in [0.4, 0.5) is 0 Å². The van der Waals surface area contributed by atoms with Gasteiger partial charge in [0.2, 0.25) is 0 Å². The third-order valence-electron chi connectivity index (χ3n) is 2.82. The second kappa shape index (κ2) is 7.51. The van der Waals surface area contributed by atoms with Crippen LogP contribution in [0.3, 0.4) is 0 Å². The number of rotatable bonds is 7. The van der Waals surface area contributed by atoms with Gasteiger partial charge in [-0.3, -0.25) is 0 Å². The summed E-state index contributed by atoms with van der Waals surface area (Å²) in [6.07, 6.45) is 0.670. The van der Waals surface area contributed by atoms with E-state index in [4.69, 9.17) is 8.23 Å². The molecule has 0 heterocycles. The zero-order valence-corrected chi connectivity index (χ0v) is 15.9. The molecular weight excluding hydrogens is 288 g/mol. The number of hydrogen-bond acceptors (Lipinski definition) is 3. The van der Waals surface area contributed by atoms with Crippen molar-refractivity contribution in [3.05, 3.63) is 30.3 Å². The van der Waals surface area contributed by atoms with E-state index >= 15 is 0 Å². The molecule has 0 spiro atoms. The SMILES string of the molecule is CCC(O)[Si](O[SiH](C)C)(O[SiH](C)C)c1ccccc1. The fraction of sp³-hybridized carbons (Fsp3) is 0.538. The zero-order chi connectivity index (χ0) is 14.5. The van der Waals surface area contributed by atoms with Crippen LogP contribution in [-0.4, -0.2) is 37.5 Å². The largest absolute Gasteiger partial charge is 0.435 e. The van der Waals surface area contributed by atoms with E-state index in [-0.39, 0.29) is 0 Å². The van der Waals surface area contributed by atoms with Crippen LogP contribution in [0.25, 0.3) is 0 Å². The van der Waals surface area contributed by atoms with Gasteiger partial charge in [0, 0.05) is 0 Å². The molecule has 1 atom stereocenters. The van der Waals surface area contributed by atoms with Gasteiger partial charge in [-0.15, -0.1) is 0 Å². The van der Waals surface area contributed by atoms with E-state index in [1.807, 2.05) is 37.3 Å². The van der Waals surface area contributed by atoms with E-state index in [1.165, 1.54) is 0 Å². The highest BCUT2D eigenvalue weighted by Gasteiger charge is 2.47. The van der Waals surface area contributed by atoms with Crippen molar-refractivity contribution >= 4 is 31.8 Å². The second-order valence-electron chi connectivity index (χ2n) is 5.29. The summed E-state index contributed by atoms with van der Waals surface area (Å²) in [5.41, 5.74) is -0.500. The molecule has 108 valence electrons. The Morgan fingerprint density at radius 1 is 1.05 bits per heavy atom. The number of hydrogen-bond donors (Lipinski definition) is 1. The van der Waals surface area contributed by atoms with Gasteiger partial charge in [-0.1, -0.05) is 37.3 Å². The monoisotopic (exact) mass is 314 g/mol. The minimum atomic E-state index is -2.72. The molecule has 1 aromatic carbocycles. The maximum atomic E-state index is 10.6. The van der Waals surface area contributed by atoms with Crippen molar-refractivity contribution in [3.8, 4) is 0 Å². The van der Waals surface area contributed by atoms with Crippen molar-refractivity contribution in [2.24, 2.45) is 0 Å². The molecule has 6 heteroatoms. The quantitative estimate of drug-likeness (QED) is 0.778. The molecule has 1 N–H and O–H groups in total. The molecule has 0 amide bonds. The molecule has 1 unspecified atom stereocenters. The van der Waals surface area contributed by atoms with Gasteiger partial charge in [-0.25, -0.2) is 0 Å². The van der Waals surface area contributed by atoms with Gasteiger partial charge in [0.05, 0.1) is 0 Å². The average Bonchev–Trinajstić information content (AvgIpc) is 2.36. The fourth-order valence-electron chi connectivity index (χ4n) is 2.15. The maximum absolute atomic E-state index is 10.6. The van der Waals surface area contributed by atoms with E-state index in [0.29, 0.717) is 6.42 Å². The summed E-state index contributed by atoms with van der Waals surface area (Å²) < 4.78 is 12.7. The summed E-state index contributed by atoms with van der Waals surface area (Å²) in [6.45, 7) is 10.5. The zero-order valence-electron chi connectivity index (χ0n) is 12.6. The highest BCUT2D eigenvalue weighted by molar-refractivity contribution is 6.90. The molecule has 0 radical (unpaired) electrons. The van der Waals surface area contributed by atoms with Crippen molar-refractivity contribution in [1.82, 2.24) is 0 Å². The normalized spacial score (nSPS) is 14.1. The molecule has 0 saturated heterocycles. The third-order valence-corrected chi connectivity index (χ3v) is 11.8. The molecular formula is C13H26O3Si3. The summed E-state index contributed by atoms with van der Waals surface area (Å²) >= 11 is 0. The summed E-state index contributed by atoms with van der Waals surface area (Å²) in [7, 11) is -5.31. The minimum absolute atomic E-state index is 0.500. The van der Waals surface area contributed by atoms with Crippen molar-refractivity contribution < 1.29 is 13.3 Å². The Kier molecular flexibility index (Phi) is 6.64. The Bertz CT molecular complexity index is 361. The van der Waals surface area contributed by atoms with Crippen molar-refractivity contribution in [2.45, 2.75) is 45.3 Å². The Morgan fingerprint density at radius 3 is 1.89 bits per heavy atom. The first kappa shape index (κ1) is 16.8. The van der Waals surface area contributed by atoms with Crippen LogP contribution in [0, 0.1) is 0 Å². The van der Waals surface area contributed by atoms with Crippen LogP contribution in [0.1, 0.15) is 13.3 Å². The smallest absolute Gasteiger partial charge is 0.381 e. The fourth-order valence-corrected chi connectivity index (χ4v) is 12.4. The number of benzene rings is 1. The second-order valence-corrected chi connectivity index (χ2v) is 14.0. The highest BCUT2D eigenvalue weighted by Crippen LogP contribution is 2.19.